The van der Waals surface area contributed by atoms with Gasteiger partial charge in [-0.25, -0.2) is 0 Å². The lowest BCUT2D eigenvalue weighted by Crippen LogP contribution is -2.15. The summed E-state index contributed by atoms with van der Waals surface area (Å²) in [6, 6.07) is 5.93. The number of amides is 1. The number of thioether (sulfide) groups is 1. The monoisotopic (exact) mass is 414 g/mol. The highest BCUT2D eigenvalue weighted by Gasteiger charge is 2.18. The van der Waals surface area contributed by atoms with Crippen molar-refractivity contribution < 1.29 is 4.79 Å². The Balaban J connectivity index is 1.74. The van der Waals surface area contributed by atoms with E-state index in [1.165, 1.54) is 27.8 Å². The van der Waals surface area contributed by atoms with Crippen LogP contribution >= 0.6 is 23.1 Å². The van der Waals surface area contributed by atoms with Gasteiger partial charge in [0, 0.05) is 28.1 Å². The first-order valence-corrected chi connectivity index (χ1v) is 11.3. The Morgan fingerprint density at radius 1 is 1.21 bits per heavy atom. The van der Waals surface area contributed by atoms with Crippen LogP contribution in [0.2, 0.25) is 0 Å². The smallest absolute Gasteiger partial charge is 0.234 e. The second-order valence-electron chi connectivity index (χ2n) is 6.67. The minimum Gasteiger partial charge on any atom is -0.325 e. The number of hydrogen-bond acceptors (Lipinski definition) is 5. The van der Waals surface area contributed by atoms with E-state index in [1.807, 2.05) is 32.0 Å². The summed E-state index contributed by atoms with van der Waals surface area (Å²) in [6.07, 6.45) is 0.974. The molecule has 2 heterocycles. The average Bonchev–Trinajstić information content (AvgIpc) is 3.25. The third-order valence-electron chi connectivity index (χ3n) is 4.94. The number of aryl methyl sites for hydroxylation is 2. The van der Waals surface area contributed by atoms with Crippen molar-refractivity contribution in [1.82, 2.24) is 14.8 Å². The highest BCUT2D eigenvalue weighted by molar-refractivity contribution is 7.99. The molecule has 1 aromatic carbocycles. The van der Waals surface area contributed by atoms with Crippen molar-refractivity contribution in [3.63, 3.8) is 0 Å². The quantitative estimate of drug-likeness (QED) is 0.537. The van der Waals surface area contributed by atoms with Crippen LogP contribution in [0.4, 0.5) is 5.69 Å². The van der Waals surface area contributed by atoms with Crippen molar-refractivity contribution in [2.24, 2.45) is 0 Å². The van der Waals surface area contributed by atoms with Gasteiger partial charge in [-0.1, -0.05) is 30.8 Å². The van der Waals surface area contributed by atoms with E-state index in [0.29, 0.717) is 5.75 Å². The lowest BCUT2D eigenvalue weighted by atomic mass is 10.1. The first-order valence-electron chi connectivity index (χ1n) is 9.45. The van der Waals surface area contributed by atoms with E-state index in [0.717, 1.165) is 40.8 Å². The fourth-order valence-electron chi connectivity index (χ4n) is 3.19. The summed E-state index contributed by atoms with van der Waals surface area (Å²) in [7, 11) is 0. The van der Waals surface area contributed by atoms with E-state index in [-0.39, 0.29) is 5.91 Å². The Hall–Kier alpha value is -2.12. The number of nitrogens with one attached hydrogen (secondary N) is 1. The summed E-state index contributed by atoms with van der Waals surface area (Å²) in [4.78, 5) is 13.8. The molecule has 3 rings (SSSR count). The van der Waals surface area contributed by atoms with Gasteiger partial charge in [0.25, 0.3) is 0 Å². The maximum absolute atomic E-state index is 12.4. The molecule has 148 valence electrons. The van der Waals surface area contributed by atoms with Gasteiger partial charge in [-0.05, 0) is 56.9 Å². The molecule has 7 heteroatoms. The largest absolute Gasteiger partial charge is 0.325 e. The molecule has 0 aliphatic rings. The SMILES string of the molecule is CCc1c(-c2nnc(SCC(=O)Nc3cccc(C)c3C)n2CC)csc1C. The molecule has 0 spiro atoms. The number of aromatic nitrogens is 3. The number of carbonyl (C=O) groups excluding carboxylic acids is 1. The predicted molar refractivity (Wildman–Crippen MR) is 118 cm³/mol. The van der Waals surface area contributed by atoms with Crippen molar-refractivity contribution >= 4 is 34.7 Å². The van der Waals surface area contributed by atoms with Crippen LogP contribution in [0.1, 0.15) is 35.4 Å². The Kier molecular flexibility index (Phi) is 6.57. The average molecular weight is 415 g/mol. The molecule has 2 aromatic heterocycles. The van der Waals surface area contributed by atoms with E-state index in [4.69, 9.17) is 0 Å². The number of rotatable bonds is 7. The number of nitrogens with zero attached hydrogens (tertiary/aromatic N) is 3. The predicted octanol–water partition coefficient (Wildman–Crippen LogP) is 5.24. The molecular formula is C21H26N4OS2. The Morgan fingerprint density at radius 2 is 2.00 bits per heavy atom. The highest BCUT2D eigenvalue weighted by Crippen LogP contribution is 2.32. The van der Waals surface area contributed by atoms with Gasteiger partial charge in [0.15, 0.2) is 11.0 Å². The van der Waals surface area contributed by atoms with Gasteiger partial charge in [0.1, 0.15) is 0 Å². The zero-order chi connectivity index (χ0) is 20.3. The highest BCUT2D eigenvalue weighted by atomic mass is 32.2. The summed E-state index contributed by atoms with van der Waals surface area (Å²) in [5, 5.41) is 14.7. The molecule has 0 unspecified atom stereocenters. The lowest BCUT2D eigenvalue weighted by Gasteiger charge is -2.11. The number of anilines is 1. The Bertz CT molecular complexity index is 990. The van der Waals surface area contributed by atoms with Gasteiger partial charge in [0.05, 0.1) is 5.75 Å². The van der Waals surface area contributed by atoms with Crippen molar-refractivity contribution in [3.8, 4) is 11.4 Å². The zero-order valence-corrected chi connectivity index (χ0v) is 18.6. The van der Waals surface area contributed by atoms with Crippen LogP contribution in [0.15, 0.2) is 28.7 Å². The molecular weight excluding hydrogens is 388 g/mol. The van der Waals surface area contributed by atoms with Crippen LogP contribution < -0.4 is 5.32 Å². The van der Waals surface area contributed by atoms with Gasteiger partial charge in [-0.3, -0.25) is 4.79 Å². The molecule has 0 fully saturated rings. The van der Waals surface area contributed by atoms with Gasteiger partial charge in [-0.2, -0.15) is 0 Å². The minimum absolute atomic E-state index is 0.0356. The molecule has 0 aliphatic heterocycles. The Labute approximate surface area is 174 Å². The third kappa shape index (κ3) is 4.15. The van der Waals surface area contributed by atoms with Gasteiger partial charge >= 0.3 is 0 Å². The van der Waals surface area contributed by atoms with Crippen LogP contribution in [-0.2, 0) is 17.8 Å². The van der Waals surface area contributed by atoms with Crippen molar-refractivity contribution in [3.05, 3.63) is 45.1 Å². The molecule has 1 amide bonds. The van der Waals surface area contributed by atoms with Crippen LogP contribution in [0.5, 0.6) is 0 Å². The van der Waals surface area contributed by atoms with E-state index < -0.39 is 0 Å². The lowest BCUT2D eigenvalue weighted by molar-refractivity contribution is -0.113. The van der Waals surface area contributed by atoms with E-state index >= 15 is 0 Å². The first kappa shape index (κ1) is 20.6. The fourth-order valence-corrected chi connectivity index (χ4v) is 4.93. The van der Waals surface area contributed by atoms with Crippen molar-refractivity contribution in [2.45, 2.75) is 52.7 Å². The van der Waals surface area contributed by atoms with Gasteiger partial charge < -0.3 is 9.88 Å². The molecule has 28 heavy (non-hydrogen) atoms. The van der Waals surface area contributed by atoms with Crippen molar-refractivity contribution in [2.75, 3.05) is 11.1 Å². The summed E-state index contributed by atoms with van der Waals surface area (Å²) in [6.45, 7) is 11.2. The molecule has 0 aliphatic carbocycles. The zero-order valence-electron chi connectivity index (χ0n) is 17.0. The molecule has 0 radical (unpaired) electrons. The van der Waals surface area contributed by atoms with E-state index in [9.17, 15) is 4.79 Å². The number of carbonyl (C=O) groups is 1. The summed E-state index contributed by atoms with van der Waals surface area (Å²) >= 11 is 3.17. The van der Waals surface area contributed by atoms with Crippen LogP contribution in [-0.4, -0.2) is 26.4 Å². The molecule has 0 saturated carbocycles. The molecule has 5 nitrogen and oxygen atoms in total. The molecule has 0 bridgehead atoms. The Morgan fingerprint density at radius 3 is 2.71 bits per heavy atom. The van der Waals surface area contributed by atoms with E-state index in [2.05, 4.69) is 46.2 Å². The van der Waals surface area contributed by atoms with Crippen LogP contribution in [0.25, 0.3) is 11.4 Å². The maximum Gasteiger partial charge on any atom is 0.234 e. The number of thiophene rings is 1. The first-order chi connectivity index (χ1) is 13.5. The molecule has 0 saturated heterocycles. The molecule has 3 aromatic rings. The topological polar surface area (TPSA) is 59.8 Å². The summed E-state index contributed by atoms with van der Waals surface area (Å²) in [5.74, 6) is 1.15. The number of hydrogen-bond donors (Lipinski definition) is 1. The number of benzene rings is 1. The molecule has 1 N–H and O–H groups in total. The normalized spacial score (nSPS) is 11.0. The molecule has 0 atom stereocenters. The van der Waals surface area contributed by atoms with E-state index in [1.54, 1.807) is 11.3 Å². The van der Waals surface area contributed by atoms with Crippen molar-refractivity contribution in [1.29, 1.82) is 0 Å². The second kappa shape index (κ2) is 8.92. The standard InChI is InChI=1S/C21H26N4OS2/c1-6-16-15(5)27-11-17(16)20-23-24-21(25(20)7-2)28-12-19(26)22-18-10-8-9-13(3)14(18)4/h8-11H,6-7,12H2,1-5H3,(H,22,26). The summed E-state index contributed by atoms with van der Waals surface area (Å²) < 4.78 is 2.09. The fraction of sp³-hybridized carbons (Fsp3) is 0.381. The van der Waals surface area contributed by atoms with Gasteiger partial charge in [0.2, 0.25) is 5.91 Å². The minimum atomic E-state index is -0.0356. The summed E-state index contributed by atoms with van der Waals surface area (Å²) in [5.41, 5.74) is 5.62. The van der Waals surface area contributed by atoms with Crippen LogP contribution in [0.3, 0.4) is 0 Å². The van der Waals surface area contributed by atoms with Gasteiger partial charge in [-0.15, -0.1) is 21.5 Å². The second-order valence-corrected chi connectivity index (χ2v) is 8.70. The maximum atomic E-state index is 12.4. The third-order valence-corrected chi connectivity index (χ3v) is 6.86. The van der Waals surface area contributed by atoms with Crippen LogP contribution in [0, 0.1) is 20.8 Å².